The van der Waals surface area contributed by atoms with Crippen molar-refractivity contribution >= 4 is 15.7 Å². The fourth-order valence-corrected chi connectivity index (χ4v) is 3.51. The van der Waals surface area contributed by atoms with E-state index < -0.39 is 26.8 Å². The minimum Gasteiger partial charge on any atom is -0.368 e. The first kappa shape index (κ1) is 14.2. The second kappa shape index (κ2) is 5.42. The molecule has 1 atom stereocenters. The fraction of sp³-hybridized carbons (Fsp3) is 0.0714. The van der Waals surface area contributed by atoms with Crippen molar-refractivity contribution in [1.29, 1.82) is 0 Å². The molecule has 0 fully saturated rings. The van der Waals surface area contributed by atoms with Gasteiger partial charge >= 0.3 is 0 Å². The third kappa shape index (κ3) is 2.70. The number of hydrogen-bond donors (Lipinski definition) is 1. The van der Waals surface area contributed by atoms with Gasteiger partial charge in [-0.25, -0.2) is 12.8 Å². The minimum absolute atomic E-state index is 0.00637. The van der Waals surface area contributed by atoms with Crippen LogP contribution in [0.4, 0.5) is 4.39 Å². The van der Waals surface area contributed by atoms with E-state index in [2.05, 4.69) is 0 Å². The van der Waals surface area contributed by atoms with E-state index in [4.69, 9.17) is 5.73 Å². The smallest absolute Gasteiger partial charge is 0.240 e. The molecule has 0 bridgehead atoms. The molecule has 0 aliphatic carbocycles. The molecular formula is C14H12FNO3S. The molecule has 0 saturated heterocycles. The quantitative estimate of drug-likeness (QED) is 0.934. The van der Waals surface area contributed by atoms with Crippen LogP contribution in [0.3, 0.4) is 0 Å². The summed E-state index contributed by atoms with van der Waals surface area (Å²) in [6.07, 6.45) is 0. The molecule has 0 unspecified atom stereocenters. The van der Waals surface area contributed by atoms with Crippen LogP contribution in [0.5, 0.6) is 0 Å². The lowest BCUT2D eigenvalue weighted by Gasteiger charge is -2.15. The highest BCUT2D eigenvalue weighted by Gasteiger charge is 2.33. The molecule has 2 aromatic carbocycles. The highest BCUT2D eigenvalue weighted by atomic mass is 32.2. The van der Waals surface area contributed by atoms with Crippen LogP contribution in [0.25, 0.3) is 0 Å². The number of primary amides is 1. The maximum atomic E-state index is 12.9. The van der Waals surface area contributed by atoms with Crippen molar-refractivity contribution in [2.24, 2.45) is 5.73 Å². The molecule has 0 saturated carbocycles. The largest absolute Gasteiger partial charge is 0.368 e. The van der Waals surface area contributed by atoms with E-state index in [1.165, 1.54) is 24.3 Å². The van der Waals surface area contributed by atoms with Crippen molar-refractivity contribution in [3.63, 3.8) is 0 Å². The summed E-state index contributed by atoms with van der Waals surface area (Å²) in [4.78, 5) is 11.5. The number of nitrogens with two attached hydrogens (primary N) is 1. The highest BCUT2D eigenvalue weighted by Crippen LogP contribution is 2.28. The molecule has 6 heteroatoms. The third-order valence-corrected chi connectivity index (χ3v) is 4.87. The summed E-state index contributed by atoms with van der Waals surface area (Å²) in [5.74, 6) is -1.52. The fourth-order valence-electron chi connectivity index (χ4n) is 1.88. The highest BCUT2D eigenvalue weighted by molar-refractivity contribution is 7.92. The van der Waals surface area contributed by atoms with Gasteiger partial charge in [-0.15, -0.1) is 0 Å². The average molecular weight is 293 g/mol. The molecule has 0 aromatic heterocycles. The Hall–Kier alpha value is -2.21. The average Bonchev–Trinajstić information content (AvgIpc) is 2.41. The molecular weight excluding hydrogens is 281 g/mol. The zero-order valence-electron chi connectivity index (χ0n) is 10.4. The lowest BCUT2D eigenvalue weighted by atomic mass is 10.1. The Labute approximate surface area is 116 Å². The zero-order valence-corrected chi connectivity index (χ0v) is 11.2. The number of hydrogen-bond acceptors (Lipinski definition) is 3. The normalized spacial score (nSPS) is 12.8. The number of carbonyl (C=O) groups excluding carboxylic acids is 1. The van der Waals surface area contributed by atoms with E-state index in [0.717, 1.165) is 12.1 Å². The van der Waals surface area contributed by atoms with E-state index in [-0.39, 0.29) is 10.5 Å². The van der Waals surface area contributed by atoms with E-state index in [0.29, 0.717) is 0 Å². The van der Waals surface area contributed by atoms with Gasteiger partial charge in [0.15, 0.2) is 15.1 Å². The van der Waals surface area contributed by atoms with Crippen LogP contribution in [0.15, 0.2) is 59.5 Å². The van der Waals surface area contributed by atoms with Gasteiger partial charge in [-0.3, -0.25) is 4.79 Å². The summed E-state index contributed by atoms with van der Waals surface area (Å²) in [6.45, 7) is 0. The first-order chi connectivity index (χ1) is 9.43. The predicted molar refractivity (Wildman–Crippen MR) is 72.0 cm³/mol. The Kier molecular flexibility index (Phi) is 3.85. The molecule has 2 N–H and O–H groups in total. The summed E-state index contributed by atoms with van der Waals surface area (Å²) < 4.78 is 37.8. The van der Waals surface area contributed by atoms with Gasteiger partial charge in [-0.1, -0.05) is 30.3 Å². The van der Waals surface area contributed by atoms with Crippen molar-refractivity contribution in [1.82, 2.24) is 0 Å². The number of halogens is 1. The molecule has 20 heavy (non-hydrogen) atoms. The third-order valence-electron chi connectivity index (χ3n) is 2.81. The molecule has 104 valence electrons. The Morgan fingerprint density at radius 1 is 1.00 bits per heavy atom. The van der Waals surface area contributed by atoms with Gasteiger partial charge in [-0.2, -0.15) is 0 Å². The van der Waals surface area contributed by atoms with Crippen LogP contribution in [0.1, 0.15) is 10.8 Å². The van der Waals surface area contributed by atoms with Crippen molar-refractivity contribution in [3.05, 3.63) is 66.0 Å². The standard InChI is InChI=1S/C14H12FNO3S/c15-11-8-6-10(7-9-11)13(14(16)17)20(18,19)12-4-2-1-3-5-12/h1-9,13H,(H2,16,17)/t13-/m0/s1. The van der Waals surface area contributed by atoms with Crippen LogP contribution in [0.2, 0.25) is 0 Å². The van der Waals surface area contributed by atoms with Gasteiger partial charge < -0.3 is 5.73 Å². The Bertz CT molecular complexity index is 712. The second-order valence-corrected chi connectivity index (χ2v) is 6.22. The topological polar surface area (TPSA) is 77.2 Å². The maximum absolute atomic E-state index is 12.9. The number of benzene rings is 2. The molecule has 0 aliphatic heterocycles. The van der Waals surface area contributed by atoms with Crippen molar-refractivity contribution in [2.75, 3.05) is 0 Å². The second-order valence-electron chi connectivity index (χ2n) is 4.19. The van der Waals surface area contributed by atoms with E-state index >= 15 is 0 Å². The summed E-state index contributed by atoms with van der Waals surface area (Å²) in [5, 5.41) is -1.54. The van der Waals surface area contributed by atoms with Crippen LogP contribution >= 0.6 is 0 Å². The molecule has 2 rings (SSSR count). The molecule has 0 aliphatic rings. The van der Waals surface area contributed by atoms with Crippen LogP contribution in [0, 0.1) is 5.82 Å². The SMILES string of the molecule is NC(=O)[C@H](c1ccc(F)cc1)S(=O)(=O)c1ccccc1. The first-order valence-electron chi connectivity index (χ1n) is 5.76. The first-order valence-corrected chi connectivity index (χ1v) is 7.31. The molecule has 1 amide bonds. The van der Waals surface area contributed by atoms with E-state index in [1.807, 2.05) is 0 Å². The predicted octanol–water partition coefficient (Wildman–Crippen LogP) is 1.83. The Morgan fingerprint density at radius 2 is 1.55 bits per heavy atom. The monoisotopic (exact) mass is 293 g/mol. The molecule has 2 aromatic rings. The summed E-state index contributed by atoms with van der Waals surface area (Å²) in [6, 6.07) is 12.2. The maximum Gasteiger partial charge on any atom is 0.240 e. The van der Waals surface area contributed by atoms with Crippen LogP contribution in [-0.2, 0) is 14.6 Å². The number of amides is 1. The van der Waals surface area contributed by atoms with Crippen molar-refractivity contribution in [3.8, 4) is 0 Å². The lowest BCUT2D eigenvalue weighted by molar-refractivity contribution is -0.117. The molecule has 0 spiro atoms. The van der Waals surface area contributed by atoms with Gasteiger partial charge in [0.05, 0.1) is 4.90 Å². The van der Waals surface area contributed by atoms with Crippen LogP contribution in [-0.4, -0.2) is 14.3 Å². The van der Waals surface area contributed by atoms with E-state index in [9.17, 15) is 17.6 Å². The lowest BCUT2D eigenvalue weighted by Crippen LogP contribution is -2.28. The molecule has 0 heterocycles. The van der Waals surface area contributed by atoms with Crippen molar-refractivity contribution in [2.45, 2.75) is 10.1 Å². The zero-order chi connectivity index (χ0) is 14.8. The molecule has 0 radical (unpaired) electrons. The Morgan fingerprint density at radius 3 is 2.05 bits per heavy atom. The Balaban J connectivity index is 2.54. The van der Waals surface area contributed by atoms with Gasteiger partial charge in [0, 0.05) is 0 Å². The summed E-state index contributed by atoms with van der Waals surface area (Å²) in [5.41, 5.74) is 5.36. The van der Waals surface area contributed by atoms with Gasteiger partial charge in [0.2, 0.25) is 5.91 Å². The van der Waals surface area contributed by atoms with Gasteiger partial charge in [-0.05, 0) is 29.8 Å². The van der Waals surface area contributed by atoms with Gasteiger partial charge in [0.1, 0.15) is 5.82 Å². The summed E-state index contributed by atoms with van der Waals surface area (Å²) in [7, 11) is -3.96. The van der Waals surface area contributed by atoms with E-state index in [1.54, 1.807) is 18.2 Å². The number of rotatable bonds is 4. The molecule has 4 nitrogen and oxygen atoms in total. The summed E-state index contributed by atoms with van der Waals surface area (Å²) >= 11 is 0. The van der Waals surface area contributed by atoms with Gasteiger partial charge in [0.25, 0.3) is 0 Å². The number of sulfone groups is 1. The number of carbonyl (C=O) groups is 1. The minimum atomic E-state index is -3.96. The van der Waals surface area contributed by atoms with Crippen molar-refractivity contribution < 1.29 is 17.6 Å². The van der Waals surface area contributed by atoms with Crippen LogP contribution < -0.4 is 5.73 Å².